The molecule has 0 fully saturated rings. The summed E-state index contributed by atoms with van der Waals surface area (Å²) < 4.78 is 11.4. The molecule has 0 radical (unpaired) electrons. The van der Waals surface area contributed by atoms with Crippen LogP contribution in [0.1, 0.15) is 30.4 Å². The molecule has 1 heterocycles. The summed E-state index contributed by atoms with van der Waals surface area (Å²) in [6.45, 7) is 4.17. The molecule has 0 spiro atoms. The molecule has 4 heteroatoms. The summed E-state index contributed by atoms with van der Waals surface area (Å²) in [6.07, 6.45) is 3.92. The predicted octanol–water partition coefficient (Wildman–Crippen LogP) is 3.09. The van der Waals surface area contributed by atoms with Crippen molar-refractivity contribution in [1.29, 1.82) is 0 Å². The number of benzene rings is 1. The number of hydrogen-bond acceptors (Lipinski definition) is 3. The van der Waals surface area contributed by atoms with Gasteiger partial charge < -0.3 is 15.2 Å². The summed E-state index contributed by atoms with van der Waals surface area (Å²) >= 11 is 6.33. The molecular weight excluding hydrogens is 250 g/mol. The third kappa shape index (κ3) is 2.90. The molecule has 2 rings (SSSR count). The fraction of sp³-hybridized carbons (Fsp3) is 0.571. The fourth-order valence-corrected chi connectivity index (χ4v) is 2.56. The third-order valence-corrected chi connectivity index (χ3v) is 3.57. The van der Waals surface area contributed by atoms with E-state index in [4.69, 9.17) is 26.8 Å². The number of nitrogens with two attached hydrogens (primary N) is 1. The van der Waals surface area contributed by atoms with Crippen molar-refractivity contribution in [3.05, 3.63) is 22.2 Å². The van der Waals surface area contributed by atoms with Gasteiger partial charge in [0.25, 0.3) is 0 Å². The molecule has 1 aliphatic rings. The van der Waals surface area contributed by atoms with E-state index in [1.807, 2.05) is 6.07 Å². The SMILES string of the molecule is Cc1c(CCCCN)c(Cl)cc2c1OCCCO2. The highest BCUT2D eigenvalue weighted by Gasteiger charge is 2.18. The molecular formula is C14H20ClNO2. The lowest BCUT2D eigenvalue weighted by atomic mass is 10.0. The second-order valence-electron chi connectivity index (χ2n) is 4.59. The van der Waals surface area contributed by atoms with Gasteiger partial charge in [0, 0.05) is 17.5 Å². The maximum Gasteiger partial charge on any atom is 0.164 e. The van der Waals surface area contributed by atoms with E-state index in [1.165, 1.54) is 0 Å². The molecule has 0 atom stereocenters. The van der Waals surface area contributed by atoms with Crippen LogP contribution in [-0.2, 0) is 6.42 Å². The second kappa shape index (κ2) is 6.30. The van der Waals surface area contributed by atoms with Gasteiger partial charge in [-0.2, -0.15) is 0 Å². The van der Waals surface area contributed by atoms with Crippen LogP contribution >= 0.6 is 11.6 Å². The van der Waals surface area contributed by atoms with E-state index in [9.17, 15) is 0 Å². The minimum absolute atomic E-state index is 0.690. The lowest BCUT2D eigenvalue weighted by molar-refractivity contribution is 0.296. The smallest absolute Gasteiger partial charge is 0.164 e. The lowest BCUT2D eigenvalue weighted by Gasteiger charge is -2.15. The van der Waals surface area contributed by atoms with E-state index in [0.29, 0.717) is 13.2 Å². The standard InChI is InChI=1S/C14H20ClNO2/c1-10-11(5-2-3-6-16)12(15)9-13-14(10)18-8-4-7-17-13/h9H,2-8,16H2,1H3. The van der Waals surface area contributed by atoms with Crippen molar-refractivity contribution in [1.82, 2.24) is 0 Å². The van der Waals surface area contributed by atoms with Crippen molar-refractivity contribution < 1.29 is 9.47 Å². The van der Waals surface area contributed by atoms with Crippen LogP contribution in [-0.4, -0.2) is 19.8 Å². The Bertz CT molecular complexity index is 421. The number of halogens is 1. The van der Waals surface area contributed by atoms with Crippen LogP contribution in [0, 0.1) is 6.92 Å². The zero-order chi connectivity index (χ0) is 13.0. The monoisotopic (exact) mass is 269 g/mol. The molecule has 2 N–H and O–H groups in total. The van der Waals surface area contributed by atoms with Gasteiger partial charge in [0.15, 0.2) is 11.5 Å². The summed E-state index contributed by atoms with van der Waals surface area (Å²) in [4.78, 5) is 0. The molecule has 0 bridgehead atoms. The van der Waals surface area contributed by atoms with E-state index in [2.05, 4.69) is 6.92 Å². The minimum atomic E-state index is 0.690. The molecule has 0 aromatic heterocycles. The normalized spacial score (nSPS) is 14.4. The highest BCUT2D eigenvalue weighted by molar-refractivity contribution is 6.31. The van der Waals surface area contributed by atoms with Crippen molar-refractivity contribution >= 4 is 11.6 Å². The zero-order valence-electron chi connectivity index (χ0n) is 10.8. The molecule has 0 unspecified atom stereocenters. The van der Waals surface area contributed by atoms with E-state index >= 15 is 0 Å². The highest BCUT2D eigenvalue weighted by Crippen LogP contribution is 2.39. The summed E-state index contributed by atoms with van der Waals surface area (Å²) in [5.41, 5.74) is 7.79. The Hall–Kier alpha value is -0.930. The Morgan fingerprint density at radius 2 is 2.06 bits per heavy atom. The second-order valence-corrected chi connectivity index (χ2v) is 4.99. The number of fused-ring (bicyclic) bond motifs is 1. The number of ether oxygens (including phenoxy) is 2. The molecule has 1 aromatic carbocycles. The number of rotatable bonds is 4. The first-order chi connectivity index (χ1) is 8.74. The van der Waals surface area contributed by atoms with Crippen LogP contribution in [0.2, 0.25) is 5.02 Å². The molecule has 1 aromatic rings. The van der Waals surface area contributed by atoms with Gasteiger partial charge in [0.2, 0.25) is 0 Å². The first kappa shape index (κ1) is 13.5. The van der Waals surface area contributed by atoms with Crippen LogP contribution in [0.25, 0.3) is 0 Å². The summed E-state index contributed by atoms with van der Waals surface area (Å²) in [6, 6.07) is 1.88. The summed E-state index contributed by atoms with van der Waals surface area (Å²) in [7, 11) is 0. The van der Waals surface area contributed by atoms with Crippen LogP contribution < -0.4 is 15.2 Å². The van der Waals surface area contributed by atoms with Gasteiger partial charge in [0.1, 0.15) is 0 Å². The molecule has 3 nitrogen and oxygen atoms in total. The van der Waals surface area contributed by atoms with Crippen LogP contribution in [0.3, 0.4) is 0 Å². The fourth-order valence-electron chi connectivity index (χ4n) is 2.22. The van der Waals surface area contributed by atoms with Gasteiger partial charge in [-0.3, -0.25) is 0 Å². The van der Waals surface area contributed by atoms with Crippen molar-refractivity contribution in [3.63, 3.8) is 0 Å². The topological polar surface area (TPSA) is 44.5 Å². The van der Waals surface area contributed by atoms with E-state index in [-0.39, 0.29) is 0 Å². The Kier molecular flexibility index (Phi) is 4.72. The molecule has 0 saturated carbocycles. The molecule has 18 heavy (non-hydrogen) atoms. The van der Waals surface area contributed by atoms with Crippen LogP contribution in [0.15, 0.2) is 6.07 Å². The van der Waals surface area contributed by atoms with Gasteiger partial charge in [-0.25, -0.2) is 0 Å². The highest BCUT2D eigenvalue weighted by atomic mass is 35.5. The van der Waals surface area contributed by atoms with Gasteiger partial charge in [-0.1, -0.05) is 11.6 Å². The van der Waals surface area contributed by atoms with Gasteiger partial charge >= 0.3 is 0 Å². The van der Waals surface area contributed by atoms with Crippen LogP contribution in [0.5, 0.6) is 11.5 Å². The van der Waals surface area contributed by atoms with Crippen molar-refractivity contribution in [2.45, 2.75) is 32.6 Å². The molecule has 0 saturated heterocycles. The maximum absolute atomic E-state index is 6.33. The lowest BCUT2D eigenvalue weighted by Crippen LogP contribution is -2.02. The summed E-state index contributed by atoms with van der Waals surface area (Å²) in [5.74, 6) is 1.64. The van der Waals surface area contributed by atoms with Crippen LogP contribution in [0.4, 0.5) is 0 Å². The van der Waals surface area contributed by atoms with Gasteiger partial charge in [-0.15, -0.1) is 0 Å². The molecule has 100 valence electrons. The van der Waals surface area contributed by atoms with E-state index < -0.39 is 0 Å². The Balaban J connectivity index is 2.27. The molecule has 0 aliphatic carbocycles. The third-order valence-electron chi connectivity index (χ3n) is 3.24. The number of hydrogen-bond donors (Lipinski definition) is 1. The molecule has 0 amide bonds. The average Bonchev–Trinajstić information content (AvgIpc) is 2.59. The quantitative estimate of drug-likeness (QED) is 0.855. The predicted molar refractivity (Wildman–Crippen MR) is 73.8 cm³/mol. The Morgan fingerprint density at radius 3 is 2.83 bits per heavy atom. The zero-order valence-corrected chi connectivity index (χ0v) is 11.6. The van der Waals surface area contributed by atoms with E-state index in [1.54, 1.807) is 0 Å². The van der Waals surface area contributed by atoms with Crippen molar-refractivity contribution in [3.8, 4) is 11.5 Å². The molecule has 1 aliphatic heterocycles. The average molecular weight is 270 g/mol. The van der Waals surface area contributed by atoms with Crippen molar-refractivity contribution in [2.24, 2.45) is 5.73 Å². The summed E-state index contributed by atoms with van der Waals surface area (Å²) in [5, 5.41) is 0.772. The van der Waals surface area contributed by atoms with Gasteiger partial charge in [-0.05, 0) is 43.9 Å². The van der Waals surface area contributed by atoms with Gasteiger partial charge in [0.05, 0.1) is 13.2 Å². The maximum atomic E-state index is 6.33. The van der Waals surface area contributed by atoms with E-state index in [0.717, 1.165) is 59.9 Å². The Morgan fingerprint density at radius 1 is 1.28 bits per heavy atom. The number of unbranched alkanes of at least 4 members (excludes halogenated alkanes) is 1. The largest absolute Gasteiger partial charge is 0.489 e. The first-order valence-electron chi connectivity index (χ1n) is 6.51. The van der Waals surface area contributed by atoms with Crippen molar-refractivity contribution in [2.75, 3.05) is 19.8 Å². The minimum Gasteiger partial charge on any atom is -0.489 e. The first-order valence-corrected chi connectivity index (χ1v) is 6.89. The Labute approximate surface area is 113 Å².